The van der Waals surface area contributed by atoms with Crippen LogP contribution in [0.15, 0.2) is 60.7 Å². The van der Waals surface area contributed by atoms with Gasteiger partial charge in [-0.2, -0.15) is 0 Å². The van der Waals surface area contributed by atoms with Crippen molar-refractivity contribution in [3.05, 3.63) is 76.3 Å². The molecule has 0 spiro atoms. The van der Waals surface area contributed by atoms with Crippen molar-refractivity contribution in [3.8, 4) is 0 Å². The van der Waals surface area contributed by atoms with Crippen LogP contribution in [0.2, 0.25) is 0 Å². The second-order valence-corrected chi connectivity index (χ2v) is 6.80. The van der Waals surface area contributed by atoms with Crippen molar-refractivity contribution in [3.63, 3.8) is 0 Å². The van der Waals surface area contributed by atoms with Crippen molar-refractivity contribution < 1.29 is 9.72 Å². The summed E-state index contributed by atoms with van der Waals surface area (Å²) in [5, 5.41) is 16.7. The summed E-state index contributed by atoms with van der Waals surface area (Å²) in [5.41, 5.74) is 1.42. The second kappa shape index (κ2) is 6.72. The van der Waals surface area contributed by atoms with Crippen molar-refractivity contribution in [1.29, 1.82) is 0 Å². The molecule has 0 saturated heterocycles. The molecule has 3 aromatic carbocycles. The van der Waals surface area contributed by atoms with Crippen molar-refractivity contribution in [2.75, 3.05) is 17.3 Å². The number of nitrogens with zero attached hydrogens (tertiary/aromatic N) is 2. The number of anilines is 2. The number of nitro benzene ring substituents is 1. The number of rotatable bonds is 5. The van der Waals surface area contributed by atoms with Gasteiger partial charge in [0.05, 0.1) is 4.92 Å². The van der Waals surface area contributed by atoms with E-state index in [1.165, 1.54) is 11.0 Å². The van der Waals surface area contributed by atoms with Crippen LogP contribution in [0.5, 0.6) is 0 Å². The van der Waals surface area contributed by atoms with E-state index >= 15 is 0 Å². The molecule has 0 radical (unpaired) electrons. The molecule has 0 heterocycles. The van der Waals surface area contributed by atoms with Gasteiger partial charge in [-0.15, -0.1) is 0 Å². The highest BCUT2D eigenvalue weighted by Crippen LogP contribution is 2.32. The molecule has 1 fully saturated rings. The number of carbonyl (C=O) groups excluding carboxylic acids is 1. The fourth-order valence-corrected chi connectivity index (χ4v) is 3.08. The van der Waals surface area contributed by atoms with Crippen molar-refractivity contribution in [2.45, 2.75) is 18.9 Å². The van der Waals surface area contributed by atoms with E-state index in [1.54, 1.807) is 19.2 Å². The zero-order chi connectivity index (χ0) is 19.0. The van der Waals surface area contributed by atoms with E-state index in [0.717, 1.165) is 29.3 Å². The van der Waals surface area contributed by atoms with E-state index in [0.29, 0.717) is 17.3 Å². The average molecular weight is 361 g/mol. The fourth-order valence-electron chi connectivity index (χ4n) is 3.08. The molecule has 6 heteroatoms. The predicted octanol–water partition coefficient (Wildman–Crippen LogP) is 4.60. The molecule has 0 aliphatic heterocycles. The van der Waals surface area contributed by atoms with Crippen LogP contribution in [-0.2, 0) is 0 Å². The molecule has 1 aliphatic carbocycles. The molecule has 4 rings (SSSR count). The first-order valence-electron chi connectivity index (χ1n) is 8.85. The van der Waals surface area contributed by atoms with Crippen LogP contribution in [0.25, 0.3) is 10.8 Å². The minimum Gasteiger partial charge on any atom is -0.377 e. The van der Waals surface area contributed by atoms with E-state index in [4.69, 9.17) is 0 Å². The van der Waals surface area contributed by atoms with Gasteiger partial charge < -0.3 is 10.2 Å². The topological polar surface area (TPSA) is 75.5 Å². The minimum absolute atomic E-state index is 0.0698. The van der Waals surface area contributed by atoms with Gasteiger partial charge >= 0.3 is 0 Å². The first-order valence-corrected chi connectivity index (χ1v) is 8.85. The van der Waals surface area contributed by atoms with E-state index in [1.807, 2.05) is 42.5 Å². The molecule has 0 bridgehead atoms. The summed E-state index contributed by atoms with van der Waals surface area (Å²) >= 11 is 0. The van der Waals surface area contributed by atoms with Crippen molar-refractivity contribution >= 4 is 33.7 Å². The maximum Gasteiger partial charge on any atom is 0.293 e. The van der Waals surface area contributed by atoms with Gasteiger partial charge in [-0.25, -0.2) is 0 Å². The number of benzene rings is 3. The zero-order valence-corrected chi connectivity index (χ0v) is 14.9. The Hall–Kier alpha value is -3.41. The number of carbonyl (C=O) groups is 1. The normalized spacial score (nSPS) is 13.4. The highest BCUT2D eigenvalue weighted by atomic mass is 16.6. The van der Waals surface area contributed by atoms with Crippen LogP contribution in [0.1, 0.15) is 23.2 Å². The lowest BCUT2D eigenvalue weighted by molar-refractivity contribution is -0.384. The summed E-state index contributed by atoms with van der Waals surface area (Å²) in [4.78, 5) is 25.4. The fraction of sp³-hybridized carbons (Fsp3) is 0.190. The van der Waals surface area contributed by atoms with Gasteiger partial charge in [-0.1, -0.05) is 30.3 Å². The van der Waals surface area contributed by atoms with E-state index < -0.39 is 4.92 Å². The summed E-state index contributed by atoms with van der Waals surface area (Å²) in [7, 11) is 1.68. The lowest BCUT2D eigenvalue weighted by Crippen LogP contribution is -2.26. The lowest BCUT2D eigenvalue weighted by atomic mass is 10.1. The molecule has 0 aromatic heterocycles. The van der Waals surface area contributed by atoms with Gasteiger partial charge in [-0.05, 0) is 47.9 Å². The molecule has 27 heavy (non-hydrogen) atoms. The number of hydrogen-bond acceptors (Lipinski definition) is 4. The standard InChI is InChI=1S/C21H19N3O3/c1-23(18-10-6-14-4-2-3-5-15(14)12-18)21(25)16-7-11-19(22-17-8-9-17)20(13-16)24(26)27/h2-7,10-13,17,22H,8-9H2,1H3. The number of nitrogens with one attached hydrogen (secondary N) is 1. The Labute approximate surface area is 156 Å². The smallest absolute Gasteiger partial charge is 0.293 e. The number of fused-ring (bicyclic) bond motifs is 1. The van der Waals surface area contributed by atoms with E-state index in [2.05, 4.69) is 5.32 Å². The van der Waals surface area contributed by atoms with E-state index in [-0.39, 0.29) is 11.6 Å². The number of hydrogen-bond donors (Lipinski definition) is 1. The van der Waals surface area contributed by atoms with Gasteiger partial charge in [0.1, 0.15) is 5.69 Å². The predicted molar refractivity (Wildman–Crippen MR) is 106 cm³/mol. The van der Waals surface area contributed by atoms with Crippen molar-refractivity contribution in [1.82, 2.24) is 0 Å². The third-order valence-electron chi connectivity index (χ3n) is 4.80. The Bertz CT molecular complexity index is 1040. The molecule has 1 saturated carbocycles. The Morgan fingerprint density at radius 2 is 1.81 bits per heavy atom. The molecule has 0 unspecified atom stereocenters. The summed E-state index contributed by atoms with van der Waals surface area (Å²) < 4.78 is 0. The minimum atomic E-state index is -0.447. The van der Waals surface area contributed by atoms with Crippen LogP contribution < -0.4 is 10.2 Å². The highest BCUT2D eigenvalue weighted by Gasteiger charge is 2.26. The molecule has 1 aliphatic rings. The Morgan fingerprint density at radius 1 is 1.07 bits per heavy atom. The SMILES string of the molecule is CN(C(=O)c1ccc(NC2CC2)c([N+](=O)[O-])c1)c1ccc2ccccc2c1. The van der Waals surface area contributed by atoms with Gasteiger partial charge in [0.25, 0.3) is 11.6 Å². The Kier molecular flexibility index (Phi) is 4.24. The molecule has 0 atom stereocenters. The maximum atomic E-state index is 12.9. The van der Waals surface area contributed by atoms with Crippen molar-refractivity contribution in [2.24, 2.45) is 0 Å². The summed E-state index contributed by atoms with van der Waals surface area (Å²) in [6.07, 6.45) is 2.03. The Balaban J connectivity index is 1.64. The summed E-state index contributed by atoms with van der Waals surface area (Å²) in [5.74, 6) is -0.286. The van der Waals surface area contributed by atoms with Gasteiger partial charge in [0, 0.05) is 30.4 Å². The van der Waals surface area contributed by atoms with E-state index in [9.17, 15) is 14.9 Å². The molecule has 1 amide bonds. The average Bonchev–Trinajstić information content (AvgIpc) is 3.50. The molecule has 3 aromatic rings. The second-order valence-electron chi connectivity index (χ2n) is 6.80. The number of amides is 1. The van der Waals surface area contributed by atoms with Gasteiger partial charge in [0.15, 0.2) is 0 Å². The molecule has 6 nitrogen and oxygen atoms in total. The number of nitro groups is 1. The summed E-state index contributed by atoms with van der Waals surface area (Å²) in [6.45, 7) is 0. The largest absolute Gasteiger partial charge is 0.377 e. The molecular weight excluding hydrogens is 342 g/mol. The molecule has 1 N–H and O–H groups in total. The van der Waals surface area contributed by atoms with Gasteiger partial charge in [0.2, 0.25) is 0 Å². The summed E-state index contributed by atoms with van der Waals surface area (Å²) in [6, 6.07) is 18.6. The van der Waals surface area contributed by atoms with Crippen LogP contribution >= 0.6 is 0 Å². The monoisotopic (exact) mass is 361 g/mol. The van der Waals surface area contributed by atoms with Crippen LogP contribution in [0, 0.1) is 10.1 Å². The Morgan fingerprint density at radius 3 is 2.52 bits per heavy atom. The third kappa shape index (κ3) is 3.46. The first-order chi connectivity index (χ1) is 13.0. The lowest BCUT2D eigenvalue weighted by Gasteiger charge is -2.18. The maximum absolute atomic E-state index is 12.9. The first kappa shape index (κ1) is 17.0. The van der Waals surface area contributed by atoms with Gasteiger partial charge in [-0.3, -0.25) is 14.9 Å². The molecular formula is C21H19N3O3. The third-order valence-corrected chi connectivity index (χ3v) is 4.80. The van der Waals surface area contributed by atoms with Crippen LogP contribution in [0.3, 0.4) is 0 Å². The highest BCUT2D eigenvalue weighted by molar-refractivity contribution is 6.07. The zero-order valence-electron chi connectivity index (χ0n) is 14.9. The quantitative estimate of drug-likeness (QED) is 0.532. The van der Waals surface area contributed by atoms with Crippen LogP contribution in [-0.4, -0.2) is 23.9 Å². The van der Waals surface area contributed by atoms with Crippen LogP contribution in [0.4, 0.5) is 17.1 Å². The molecule has 136 valence electrons.